The summed E-state index contributed by atoms with van der Waals surface area (Å²) in [5.74, 6) is 2.71. The average Bonchev–Trinajstić information content (AvgIpc) is 2.48. The van der Waals surface area contributed by atoms with E-state index in [1.807, 2.05) is 0 Å². The van der Waals surface area contributed by atoms with Gasteiger partial charge in [0, 0.05) is 5.92 Å². The minimum absolute atomic E-state index is 0.276. The van der Waals surface area contributed by atoms with Crippen LogP contribution in [0, 0.1) is 11.8 Å². The Balaban J connectivity index is 1.92. The van der Waals surface area contributed by atoms with E-state index < -0.39 is 0 Å². The van der Waals surface area contributed by atoms with E-state index in [0.29, 0.717) is 17.6 Å². The topological polar surface area (TPSA) is 26.3 Å². The van der Waals surface area contributed by atoms with Gasteiger partial charge in [-0.1, -0.05) is 32.4 Å². The lowest BCUT2D eigenvalue weighted by Gasteiger charge is -2.33. The first-order valence-corrected chi connectivity index (χ1v) is 8.35. The molecule has 1 aliphatic carbocycles. The highest BCUT2D eigenvalue weighted by atomic mass is 16.5. The molecule has 1 aromatic carbocycles. The summed E-state index contributed by atoms with van der Waals surface area (Å²) in [5.41, 5.74) is 1.40. The van der Waals surface area contributed by atoms with Crippen LogP contribution >= 0.6 is 0 Å². The Bertz CT molecular complexity index is 449. The van der Waals surface area contributed by atoms with Crippen molar-refractivity contribution in [1.82, 2.24) is 0 Å². The number of hydrogen-bond acceptors (Lipinski definition) is 2. The predicted octanol–water partition coefficient (Wildman–Crippen LogP) is 4.97. The first-order chi connectivity index (χ1) is 10.1. The van der Waals surface area contributed by atoms with Crippen LogP contribution < -0.4 is 4.74 Å². The molecule has 2 nitrogen and oxygen atoms in total. The molecule has 1 fully saturated rings. The van der Waals surface area contributed by atoms with E-state index in [1.165, 1.54) is 5.56 Å². The predicted molar refractivity (Wildman–Crippen MR) is 86.8 cm³/mol. The van der Waals surface area contributed by atoms with Crippen LogP contribution in [0.2, 0.25) is 0 Å². The quantitative estimate of drug-likeness (QED) is 0.690. The van der Waals surface area contributed by atoms with Gasteiger partial charge in [-0.3, -0.25) is 4.79 Å². The average molecular weight is 288 g/mol. The van der Waals surface area contributed by atoms with Crippen molar-refractivity contribution in [1.29, 1.82) is 0 Å². The largest absolute Gasteiger partial charge is 0.494 e. The van der Waals surface area contributed by atoms with Crippen molar-refractivity contribution in [2.75, 3.05) is 6.61 Å². The number of Topliss-reactive ketones (excluding diaryl/α,β-unsaturated/α-hetero) is 1. The minimum atomic E-state index is 0.276. The van der Waals surface area contributed by atoms with Crippen molar-refractivity contribution in [3.63, 3.8) is 0 Å². The van der Waals surface area contributed by atoms with Gasteiger partial charge in [-0.15, -0.1) is 0 Å². The van der Waals surface area contributed by atoms with E-state index in [1.54, 1.807) is 6.92 Å². The van der Waals surface area contributed by atoms with E-state index in [4.69, 9.17) is 4.74 Å². The monoisotopic (exact) mass is 288 g/mol. The summed E-state index contributed by atoms with van der Waals surface area (Å²) in [7, 11) is 0. The summed E-state index contributed by atoms with van der Waals surface area (Å²) in [6.07, 6.45) is 5.56. The summed E-state index contributed by atoms with van der Waals surface area (Å²) in [4.78, 5) is 11.6. The van der Waals surface area contributed by atoms with Gasteiger partial charge in [-0.2, -0.15) is 0 Å². The maximum Gasteiger partial charge on any atom is 0.133 e. The number of rotatable bonds is 6. The van der Waals surface area contributed by atoms with Crippen molar-refractivity contribution in [3.8, 4) is 5.75 Å². The van der Waals surface area contributed by atoms with Gasteiger partial charge in [-0.25, -0.2) is 0 Å². The second kappa shape index (κ2) is 7.63. The molecule has 0 amide bonds. The molecule has 0 radical (unpaired) electrons. The Morgan fingerprint density at radius 2 is 1.95 bits per heavy atom. The summed E-state index contributed by atoms with van der Waals surface area (Å²) >= 11 is 0. The number of unbranched alkanes of at least 4 members (excludes halogenated alkanes) is 1. The lowest BCUT2D eigenvalue weighted by molar-refractivity contribution is -0.123. The van der Waals surface area contributed by atoms with Gasteiger partial charge in [0.25, 0.3) is 0 Å². The third-order valence-electron chi connectivity index (χ3n) is 4.81. The Labute approximate surface area is 128 Å². The Hall–Kier alpha value is -1.31. The Morgan fingerprint density at radius 1 is 1.24 bits per heavy atom. The van der Waals surface area contributed by atoms with Crippen LogP contribution in [0.4, 0.5) is 0 Å². The maximum atomic E-state index is 11.6. The molecule has 0 spiro atoms. The van der Waals surface area contributed by atoms with Gasteiger partial charge in [0.15, 0.2) is 0 Å². The number of carbonyl (C=O) groups excluding carboxylic acids is 1. The molecule has 0 aromatic heterocycles. The first-order valence-electron chi connectivity index (χ1n) is 8.35. The van der Waals surface area contributed by atoms with Crippen molar-refractivity contribution in [2.45, 2.75) is 58.8 Å². The molecule has 0 unspecified atom stereocenters. The van der Waals surface area contributed by atoms with E-state index >= 15 is 0 Å². The molecule has 1 saturated carbocycles. The van der Waals surface area contributed by atoms with Crippen molar-refractivity contribution in [3.05, 3.63) is 29.8 Å². The van der Waals surface area contributed by atoms with Gasteiger partial charge in [0.05, 0.1) is 6.61 Å². The zero-order valence-corrected chi connectivity index (χ0v) is 13.6. The molecule has 0 bridgehead atoms. The number of ketones is 1. The molecule has 1 aliphatic rings. The van der Waals surface area contributed by atoms with Crippen LogP contribution in [0.1, 0.15) is 64.4 Å². The van der Waals surface area contributed by atoms with E-state index in [0.717, 1.165) is 44.5 Å². The summed E-state index contributed by atoms with van der Waals surface area (Å²) in [5, 5.41) is 0. The first kappa shape index (κ1) is 16.1. The minimum Gasteiger partial charge on any atom is -0.494 e. The highest BCUT2D eigenvalue weighted by Gasteiger charge is 2.30. The number of hydrogen-bond donors (Lipinski definition) is 0. The normalized spacial score (nSPS) is 25.6. The van der Waals surface area contributed by atoms with Crippen LogP contribution in [0.3, 0.4) is 0 Å². The number of carbonyl (C=O) groups is 1. The smallest absolute Gasteiger partial charge is 0.133 e. The zero-order chi connectivity index (χ0) is 15.2. The summed E-state index contributed by atoms with van der Waals surface area (Å²) < 4.78 is 5.71. The second-order valence-corrected chi connectivity index (χ2v) is 6.48. The fraction of sp³-hybridized carbons (Fsp3) is 0.632. The van der Waals surface area contributed by atoms with Crippen molar-refractivity contribution < 1.29 is 9.53 Å². The van der Waals surface area contributed by atoms with Gasteiger partial charge < -0.3 is 4.74 Å². The fourth-order valence-electron chi connectivity index (χ4n) is 3.47. The van der Waals surface area contributed by atoms with Crippen molar-refractivity contribution >= 4 is 5.78 Å². The lowest BCUT2D eigenvalue weighted by Crippen LogP contribution is -2.26. The Morgan fingerprint density at radius 3 is 2.52 bits per heavy atom. The van der Waals surface area contributed by atoms with Crippen LogP contribution in [0.15, 0.2) is 24.3 Å². The SMILES string of the molecule is CCCCOc1ccc([C@@H]2CC[C@H](C(C)=O)[C@H](C)C2)cc1. The zero-order valence-electron chi connectivity index (χ0n) is 13.6. The molecule has 0 heterocycles. The van der Waals surface area contributed by atoms with Crippen LogP contribution in [0.25, 0.3) is 0 Å². The van der Waals surface area contributed by atoms with Crippen LogP contribution in [-0.2, 0) is 4.79 Å². The molecular formula is C19H28O2. The van der Waals surface area contributed by atoms with Crippen LogP contribution in [-0.4, -0.2) is 12.4 Å². The van der Waals surface area contributed by atoms with Gasteiger partial charge in [0.2, 0.25) is 0 Å². The molecule has 116 valence electrons. The molecule has 21 heavy (non-hydrogen) atoms. The Kier molecular flexibility index (Phi) is 5.84. The molecule has 1 aromatic rings. The van der Waals surface area contributed by atoms with Gasteiger partial charge in [-0.05, 0) is 62.1 Å². The highest BCUT2D eigenvalue weighted by Crippen LogP contribution is 2.40. The third kappa shape index (κ3) is 4.33. The highest BCUT2D eigenvalue weighted by molar-refractivity contribution is 5.78. The number of ether oxygens (including phenoxy) is 1. The molecule has 0 aliphatic heterocycles. The molecule has 0 saturated heterocycles. The molecular weight excluding hydrogens is 260 g/mol. The van der Waals surface area contributed by atoms with Gasteiger partial charge >= 0.3 is 0 Å². The van der Waals surface area contributed by atoms with Gasteiger partial charge in [0.1, 0.15) is 11.5 Å². The van der Waals surface area contributed by atoms with Crippen LogP contribution in [0.5, 0.6) is 5.75 Å². The fourth-order valence-corrected chi connectivity index (χ4v) is 3.47. The second-order valence-electron chi connectivity index (χ2n) is 6.48. The third-order valence-corrected chi connectivity index (χ3v) is 4.81. The molecule has 3 atom stereocenters. The maximum absolute atomic E-state index is 11.6. The molecule has 0 N–H and O–H groups in total. The molecule has 2 heteroatoms. The van der Waals surface area contributed by atoms with Crippen molar-refractivity contribution in [2.24, 2.45) is 11.8 Å². The standard InChI is InChI=1S/C19H28O2/c1-4-5-12-21-18-9-6-16(7-10-18)17-8-11-19(15(3)20)14(2)13-17/h6-7,9-10,14,17,19H,4-5,8,11-13H2,1-3H3/t14-,17-,19+/m1/s1. The van der Waals surface area contributed by atoms with E-state index in [2.05, 4.69) is 38.1 Å². The van der Waals surface area contributed by atoms with E-state index in [-0.39, 0.29) is 5.92 Å². The number of benzene rings is 1. The van der Waals surface area contributed by atoms with E-state index in [9.17, 15) is 4.79 Å². The summed E-state index contributed by atoms with van der Waals surface area (Å²) in [6.45, 7) is 6.94. The molecule has 2 rings (SSSR count). The lowest BCUT2D eigenvalue weighted by atomic mass is 9.71. The summed E-state index contributed by atoms with van der Waals surface area (Å²) in [6, 6.07) is 8.58.